The number of nitrogens with zero attached hydrogens (tertiary/aromatic N) is 2. The molecule has 0 bridgehead atoms. The topological polar surface area (TPSA) is 46.9 Å². The van der Waals surface area contributed by atoms with Crippen LogP contribution < -0.4 is 5.32 Å². The first kappa shape index (κ1) is 17.5. The van der Waals surface area contributed by atoms with E-state index in [1.807, 2.05) is 47.8 Å². The molecule has 0 radical (unpaired) electrons. The Morgan fingerprint density at radius 1 is 1.07 bits per heavy atom. The SMILES string of the molecule is O=C(Nc1ccc(Cl)cc1F)c1cc(-c2cccs2)nn1-c1ccccc1. The largest absolute Gasteiger partial charge is 0.318 e. The van der Waals surface area contributed by atoms with Gasteiger partial charge in [-0.2, -0.15) is 5.10 Å². The number of hydrogen-bond donors (Lipinski definition) is 1. The van der Waals surface area contributed by atoms with Crippen LogP contribution in [0.25, 0.3) is 16.3 Å². The second-order valence-electron chi connectivity index (χ2n) is 5.72. The minimum atomic E-state index is -0.597. The Morgan fingerprint density at radius 3 is 2.59 bits per heavy atom. The summed E-state index contributed by atoms with van der Waals surface area (Å²) in [5, 5.41) is 9.37. The van der Waals surface area contributed by atoms with Crippen molar-refractivity contribution in [3.63, 3.8) is 0 Å². The first-order valence-corrected chi connectivity index (χ1v) is 9.33. The molecule has 0 fully saturated rings. The molecule has 0 spiro atoms. The van der Waals surface area contributed by atoms with Gasteiger partial charge in [0.2, 0.25) is 0 Å². The summed E-state index contributed by atoms with van der Waals surface area (Å²) in [6.07, 6.45) is 0. The lowest BCUT2D eigenvalue weighted by molar-refractivity contribution is 0.101. The van der Waals surface area contributed by atoms with Gasteiger partial charge < -0.3 is 5.32 Å². The molecule has 0 atom stereocenters. The van der Waals surface area contributed by atoms with Crippen LogP contribution in [0.4, 0.5) is 10.1 Å². The zero-order chi connectivity index (χ0) is 18.8. The maximum absolute atomic E-state index is 14.1. The van der Waals surface area contributed by atoms with E-state index in [1.165, 1.54) is 23.5 Å². The fourth-order valence-electron chi connectivity index (χ4n) is 2.63. The van der Waals surface area contributed by atoms with E-state index in [1.54, 1.807) is 10.7 Å². The number of benzene rings is 2. The Kier molecular flexibility index (Phi) is 4.75. The van der Waals surface area contributed by atoms with Crippen molar-refractivity contribution < 1.29 is 9.18 Å². The second kappa shape index (κ2) is 7.34. The smallest absolute Gasteiger partial charge is 0.274 e. The lowest BCUT2D eigenvalue weighted by Gasteiger charge is -2.09. The molecule has 1 N–H and O–H groups in total. The molecule has 7 heteroatoms. The second-order valence-corrected chi connectivity index (χ2v) is 7.10. The van der Waals surface area contributed by atoms with Gasteiger partial charge in [-0.05, 0) is 47.8 Å². The Bertz CT molecular complexity index is 1090. The number of halogens is 2. The van der Waals surface area contributed by atoms with Crippen LogP contribution in [0.1, 0.15) is 10.5 Å². The van der Waals surface area contributed by atoms with Crippen LogP contribution in [-0.4, -0.2) is 15.7 Å². The number of amides is 1. The zero-order valence-electron chi connectivity index (χ0n) is 13.9. The van der Waals surface area contributed by atoms with Gasteiger partial charge >= 0.3 is 0 Å². The third-order valence-corrected chi connectivity index (χ3v) is 5.02. The zero-order valence-corrected chi connectivity index (χ0v) is 15.5. The molecular weight excluding hydrogens is 385 g/mol. The highest BCUT2D eigenvalue weighted by Crippen LogP contribution is 2.27. The van der Waals surface area contributed by atoms with Crippen LogP contribution in [0.15, 0.2) is 72.1 Å². The maximum Gasteiger partial charge on any atom is 0.274 e. The Labute approximate surface area is 163 Å². The Morgan fingerprint density at radius 2 is 1.89 bits per heavy atom. The van der Waals surface area contributed by atoms with E-state index in [9.17, 15) is 9.18 Å². The number of nitrogens with one attached hydrogen (secondary N) is 1. The van der Waals surface area contributed by atoms with Gasteiger partial charge in [-0.1, -0.05) is 35.9 Å². The first-order chi connectivity index (χ1) is 13.1. The Hall–Kier alpha value is -2.96. The fourth-order valence-corrected chi connectivity index (χ4v) is 3.47. The van der Waals surface area contributed by atoms with Crippen molar-refractivity contribution in [2.24, 2.45) is 0 Å². The number of rotatable bonds is 4. The van der Waals surface area contributed by atoms with Crippen LogP contribution >= 0.6 is 22.9 Å². The highest BCUT2D eigenvalue weighted by molar-refractivity contribution is 7.13. The molecule has 1 amide bonds. The van der Waals surface area contributed by atoms with Crippen molar-refractivity contribution in [2.45, 2.75) is 0 Å². The molecule has 0 saturated heterocycles. The normalized spacial score (nSPS) is 10.7. The van der Waals surface area contributed by atoms with Crippen LogP contribution in [-0.2, 0) is 0 Å². The number of carbonyl (C=O) groups is 1. The molecule has 2 aromatic heterocycles. The molecule has 2 heterocycles. The quantitative estimate of drug-likeness (QED) is 0.484. The van der Waals surface area contributed by atoms with Crippen molar-refractivity contribution in [3.8, 4) is 16.3 Å². The average Bonchev–Trinajstić information content (AvgIpc) is 3.34. The molecule has 4 aromatic rings. The van der Waals surface area contributed by atoms with Gasteiger partial charge in [0.25, 0.3) is 5.91 Å². The predicted molar refractivity (Wildman–Crippen MR) is 106 cm³/mol. The summed E-state index contributed by atoms with van der Waals surface area (Å²) in [6, 6.07) is 19.0. The molecule has 4 nitrogen and oxygen atoms in total. The van der Waals surface area contributed by atoms with E-state index >= 15 is 0 Å². The van der Waals surface area contributed by atoms with E-state index in [-0.39, 0.29) is 10.7 Å². The number of aromatic nitrogens is 2. The monoisotopic (exact) mass is 397 g/mol. The summed E-state index contributed by atoms with van der Waals surface area (Å²) in [6.45, 7) is 0. The van der Waals surface area contributed by atoms with Crippen molar-refractivity contribution in [1.82, 2.24) is 9.78 Å². The lowest BCUT2D eigenvalue weighted by atomic mass is 10.2. The summed E-state index contributed by atoms with van der Waals surface area (Å²) < 4.78 is 15.6. The van der Waals surface area contributed by atoms with Crippen molar-refractivity contribution in [1.29, 1.82) is 0 Å². The number of anilines is 1. The molecule has 134 valence electrons. The Balaban J connectivity index is 1.75. The van der Waals surface area contributed by atoms with Gasteiger partial charge in [-0.3, -0.25) is 4.79 Å². The predicted octanol–water partition coefficient (Wildman–Crippen LogP) is 5.65. The minimum absolute atomic E-state index is 0.0582. The highest BCUT2D eigenvalue weighted by atomic mass is 35.5. The first-order valence-electron chi connectivity index (χ1n) is 8.07. The molecule has 0 unspecified atom stereocenters. The summed E-state index contributed by atoms with van der Waals surface area (Å²) >= 11 is 7.30. The van der Waals surface area contributed by atoms with Crippen LogP contribution in [0, 0.1) is 5.82 Å². The van der Waals surface area contributed by atoms with E-state index in [4.69, 9.17) is 11.6 Å². The summed E-state index contributed by atoms with van der Waals surface area (Å²) in [5.74, 6) is -1.06. The fraction of sp³-hybridized carbons (Fsp3) is 0. The van der Waals surface area contributed by atoms with Crippen molar-refractivity contribution in [3.05, 3.63) is 88.6 Å². The molecular formula is C20H13ClFN3OS. The van der Waals surface area contributed by atoms with E-state index < -0.39 is 11.7 Å². The van der Waals surface area contributed by atoms with Gasteiger partial charge in [-0.25, -0.2) is 9.07 Å². The summed E-state index contributed by atoms with van der Waals surface area (Å²) in [5.41, 5.74) is 1.78. The molecule has 2 aromatic carbocycles. The molecule has 27 heavy (non-hydrogen) atoms. The third-order valence-electron chi connectivity index (χ3n) is 3.90. The number of para-hydroxylation sites is 1. The van der Waals surface area contributed by atoms with Gasteiger partial charge in [-0.15, -0.1) is 11.3 Å². The summed E-state index contributed by atoms with van der Waals surface area (Å²) in [7, 11) is 0. The highest BCUT2D eigenvalue weighted by Gasteiger charge is 2.19. The standard InChI is InChI=1S/C20H13ClFN3OS/c21-13-8-9-16(15(22)11-13)23-20(26)18-12-17(19-7-4-10-27-19)24-25(18)14-5-2-1-3-6-14/h1-12H,(H,23,26). The van der Waals surface area contributed by atoms with E-state index in [0.29, 0.717) is 11.4 Å². The van der Waals surface area contributed by atoms with Crippen molar-refractivity contribution in [2.75, 3.05) is 5.32 Å². The number of carbonyl (C=O) groups excluding carboxylic acids is 1. The van der Waals surface area contributed by atoms with Crippen LogP contribution in [0.2, 0.25) is 5.02 Å². The molecule has 0 saturated carbocycles. The van der Waals surface area contributed by atoms with Gasteiger partial charge in [0, 0.05) is 5.02 Å². The number of thiophene rings is 1. The number of hydrogen-bond acceptors (Lipinski definition) is 3. The van der Waals surface area contributed by atoms with Gasteiger partial charge in [0.15, 0.2) is 0 Å². The molecule has 0 aliphatic carbocycles. The van der Waals surface area contributed by atoms with Gasteiger partial charge in [0.05, 0.1) is 16.3 Å². The van der Waals surface area contributed by atoms with Crippen molar-refractivity contribution >= 4 is 34.5 Å². The van der Waals surface area contributed by atoms with Crippen LogP contribution in [0.3, 0.4) is 0 Å². The third kappa shape index (κ3) is 3.63. The lowest BCUT2D eigenvalue weighted by Crippen LogP contribution is -2.17. The maximum atomic E-state index is 14.1. The van der Waals surface area contributed by atoms with Crippen LogP contribution in [0.5, 0.6) is 0 Å². The van der Waals surface area contributed by atoms with Gasteiger partial charge in [0.1, 0.15) is 17.2 Å². The molecule has 0 aliphatic rings. The van der Waals surface area contributed by atoms with E-state index in [0.717, 1.165) is 16.6 Å². The average molecular weight is 398 g/mol. The summed E-state index contributed by atoms with van der Waals surface area (Å²) in [4.78, 5) is 13.8. The molecule has 0 aliphatic heterocycles. The molecule has 4 rings (SSSR count). The van der Waals surface area contributed by atoms with E-state index in [2.05, 4.69) is 10.4 Å². The minimum Gasteiger partial charge on any atom is -0.318 e.